The van der Waals surface area contributed by atoms with Crippen LogP contribution in [0, 0.1) is 0 Å². The minimum atomic E-state index is -4.37. The van der Waals surface area contributed by atoms with Crippen LogP contribution in [0.15, 0.2) is 0 Å². The monoisotopic (exact) mass is 344 g/mol. The third kappa shape index (κ3) is 10.4. The summed E-state index contributed by atoms with van der Waals surface area (Å²) < 4.78 is 73.3. The summed E-state index contributed by atoms with van der Waals surface area (Å²) in [7, 11) is 0. The SMILES string of the molecule is FC(F)(Cl)CC(F)(F)CC(F)(F)CC(Cl)(Cl)Cl. The van der Waals surface area contributed by atoms with E-state index in [4.69, 9.17) is 34.8 Å². The first kappa shape index (κ1) is 17.7. The molecule has 0 amide bonds. The maximum Gasteiger partial charge on any atom is 0.327 e. The van der Waals surface area contributed by atoms with E-state index < -0.39 is 40.3 Å². The zero-order chi connectivity index (χ0) is 14.1. The van der Waals surface area contributed by atoms with Crippen LogP contribution in [-0.2, 0) is 0 Å². The first-order chi connectivity index (χ1) is 7.12. The Bertz CT molecular complexity index is 230. The Labute approximate surface area is 113 Å². The van der Waals surface area contributed by atoms with Crippen LogP contribution in [0.4, 0.5) is 26.3 Å². The van der Waals surface area contributed by atoms with Gasteiger partial charge in [-0.25, -0.2) is 17.6 Å². The minimum Gasteiger partial charge on any atom is -0.206 e. The van der Waals surface area contributed by atoms with Crippen molar-refractivity contribution in [3.05, 3.63) is 0 Å². The molecule has 104 valence electrons. The Hall–Kier alpha value is 0.740. The van der Waals surface area contributed by atoms with Crippen molar-refractivity contribution in [1.29, 1.82) is 0 Å². The Morgan fingerprint density at radius 3 is 1.24 bits per heavy atom. The lowest BCUT2D eigenvalue weighted by Crippen LogP contribution is -2.35. The molecular formula is C7H6Cl4F6. The average Bonchev–Trinajstić information content (AvgIpc) is 1.65. The van der Waals surface area contributed by atoms with E-state index in [9.17, 15) is 26.3 Å². The van der Waals surface area contributed by atoms with E-state index in [1.165, 1.54) is 0 Å². The zero-order valence-electron chi connectivity index (χ0n) is 7.90. The minimum absolute atomic E-state index is 1.51. The number of hydrogen-bond donors (Lipinski definition) is 0. The maximum absolute atomic E-state index is 13.0. The highest BCUT2D eigenvalue weighted by atomic mass is 35.6. The van der Waals surface area contributed by atoms with Crippen LogP contribution in [0.1, 0.15) is 19.3 Å². The van der Waals surface area contributed by atoms with Gasteiger partial charge in [-0.05, 0) is 11.6 Å². The van der Waals surface area contributed by atoms with Crippen molar-refractivity contribution in [3.8, 4) is 0 Å². The summed E-state index contributed by atoms with van der Waals surface area (Å²) in [6, 6.07) is 0. The standard InChI is InChI=1S/C7H6Cl4F6/c8-6(9,10)2-4(12,13)1-5(14,15)3-7(11,16)17/h1-3H2. The van der Waals surface area contributed by atoms with Gasteiger partial charge in [-0.2, -0.15) is 8.78 Å². The molecule has 0 unspecified atom stereocenters. The lowest BCUT2D eigenvalue weighted by atomic mass is 10.1. The largest absolute Gasteiger partial charge is 0.327 e. The second kappa shape index (κ2) is 5.39. The molecule has 0 aromatic carbocycles. The molecule has 0 aliphatic heterocycles. The van der Waals surface area contributed by atoms with E-state index in [0.717, 1.165) is 0 Å². The summed E-state index contributed by atoms with van der Waals surface area (Å²) in [6.45, 7) is 0. The van der Waals surface area contributed by atoms with Crippen molar-refractivity contribution in [2.75, 3.05) is 0 Å². The third-order valence-electron chi connectivity index (χ3n) is 1.44. The highest BCUT2D eigenvalue weighted by Gasteiger charge is 2.51. The van der Waals surface area contributed by atoms with Gasteiger partial charge in [0, 0.05) is 0 Å². The van der Waals surface area contributed by atoms with Crippen LogP contribution in [0.2, 0.25) is 0 Å². The summed E-state index contributed by atoms with van der Waals surface area (Å²) in [5.41, 5.74) is 0. The van der Waals surface area contributed by atoms with E-state index in [2.05, 4.69) is 11.6 Å². The molecule has 0 radical (unpaired) electrons. The van der Waals surface area contributed by atoms with Gasteiger partial charge >= 0.3 is 5.38 Å². The summed E-state index contributed by atoms with van der Waals surface area (Å²) in [6.07, 6.45) is -5.89. The van der Waals surface area contributed by atoms with Crippen LogP contribution in [0.25, 0.3) is 0 Å². The highest BCUT2D eigenvalue weighted by Crippen LogP contribution is 2.45. The summed E-state index contributed by atoms with van der Waals surface area (Å²) in [4.78, 5) is 0. The third-order valence-corrected chi connectivity index (χ3v) is 1.97. The molecule has 0 bridgehead atoms. The fourth-order valence-electron chi connectivity index (χ4n) is 1.09. The van der Waals surface area contributed by atoms with Crippen molar-refractivity contribution < 1.29 is 26.3 Å². The van der Waals surface area contributed by atoms with Gasteiger partial charge in [-0.1, -0.05) is 34.8 Å². The van der Waals surface area contributed by atoms with E-state index >= 15 is 0 Å². The molecule has 0 aliphatic rings. The Morgan fingerprint density at radius 2 is 0.941 bits per heavy atom. The molecular weight excluding hydrogens is 340 g/mol. The van der Waals surface area contributed by atoms with E-state index in [1.54, 1.807) is 0 Å². The van der Waals surface area contributed by atoms with Gasteiger partial charge in [0.05, 0.1) is 19.3 Å². The van der Waals surface area contributed by atoms with E-state index in [-0.39, 0.29) is 0 Å². The molecule has 0 aliphatic carbocycles. The lowest BCUT2D eigenvalue weighted by molar-refractivity contribution is -0.139. The lowest BCUT2D eigenvalue weighted by Gasteiger charge is -2.26. The second-order valence-electron chi connectivity index (χ2n) is 3.47. The zero-order valence-corrected chi connectivity index (χ0v) is 10.9. The normalized spacial score (nSPS) is 15.2. The van der Waals surface area contributed by atoms with E-state index in [0.29, 0.717) is 0 Å². The molecule has 0 spiro atoms. The van der Waals surface area contributed by atoms with Crippen LogP contribution in [0.5, 0.6) is 0 Å². The van der Waals surface area contributed by atoms with E-state index in [1.807, 2.05) is 0 Å². The van der Waals surface area contributed by atoms with Gasteiger partial charge in [0.1, 0.15) is 0 Å². The van der Waals surface area contributed by atoms with Gasteiger partial charge in [0.2, 0.25) is 0 Å². The average molecular weight is 346 g/mol. The Morgan fingerprint density at radius 1 is 0.588 bits per heavy atom. The number of rotatable bonds is 5. The van der Waals surface area contributed by atoms with Gasteiger partial charge in [-0.3, -0.25) is 0 Å². The Kier molecular flexibility index (Phi) is 5.62. The van der Waals surface area contributed by atoms with Crippen molar-refractivity contribution >= 4 is 46.4 Å². The van der Waals surface area contributed by atoms with Crippen molar-refractivity contribution in [3.63, 3.8) is 0 Å². The van der Waals surface area contributed by atoms with Crippen molar-refractivity contribution in [2.45, 2.75) is 40.3 Å². The van der Waals surface area contributed by atoms with Crippen LogP contribution < -0.4 is 0 Å². The van der Waals surface area contributed by atoms with Gasteiger partial charge < -0.3 is 0 Å². The molecule has 0 rings (SSSR count). The molecule has 0 fully saturated rings. The van der Waals surface area contributed by atoms with Crippen LogP contribution in [-0.4, -0.2) is 21.0 Å². The van der Waals surface area contributed by atoms with Crippen molar-refractivity contribution in [2.24, 2.45) is 0 Å². The quantitative estimate of drug-likeness (QED) is 0.447. The molecule has 0 heterocycles. The molecule has 0 saturated carbocycles. The number of hydrogen-bond acceptors (Lipinski definition) is 0. The smallest absolute Gasteiger partial charge is 0.206 e. The molecule has 0 atom stereocenters. The molecule has 0 nitrogen and oxygen atoms in total. The Balaban J connectivity index is 4.59. The molecule has 0 saturated heterocycles. The molecule has 10 heteroatoms. The molecule has 0 aromatic rings. The first-order valence-electron chi connectivity index (χ1n) is 4.01. The summed E-state index contributed by atoms with van der Waals surface area (Å²) in [5.74, 6) is -8.47. The van der Waals surface area contributed by atoms with Crippen LogP contribution >= 0.6 is 46.4 Å². The number of alkyl halides is 10. The second-order valence-corrected chi connectivity index (χ2v) is 6.54. The van der Waals surface area contributed by atoms with Crippen molar-refractivity contribution in [1.82, 2.24) is 0 Å². The molecule has 17 heavy (non-hydrogen) atoms. The molecule has 0 N–H and O–H groups in total. The predicted molar refractivity (Wildman–Crippen MR) is 54.8 cm³/mol. The number of halogens is 10. The predicted octanol–water partition coefficient (Wildman–Crippen LogP) is 5.63. The summed E-state index contributed by atoms with van der Waals surface area (Å²) >= 11 is 19.3. The fourth-order valence-corrected chi connectivity index (χ4v) is 1.87. The van der Waals surface area contributed by atoms with Gasteiger partial charge in [-0.15, -0.1) is 0 Å². The topological polar surface area (TPSA) is 0 Å². The summed E-state index contributed by atoms with van der Waals surface area (Å²) in [5, 5.41) is -4.28. The maximum atomic E-state index is 13.0. The fraction of sp³-hybridized carbons (Fsp3) is 1.00. The van der Waals surface area contributed by atoms with Crippen LogP contribution in [0.3, 0.4) is 0 Å². The molecule has 0 aromatic heterocycles. The van der Waals surface area contributed by atoms with Gasteiger partial charge in [0.15, 0.2) is 3.79 Å². The first-order valence-corrected chi connectivity index (χ1v) is 5.52. The van der Waals surface area contributed by atoms with Gasteiger partial charge in [0.25, 0.3) is 11.8 Å². The highest BCUT2D eigenvalue weighted by molar-refractivity contribution is 6.67.